The number of aryl methyl sites for hydroxylation is 1. The maximum Gasteiger partial charge on any atom is 0.416 e. The number of piperazine rings is 1. The standard InChI is InChI=1S/C22H23F3N6O2S/c1-16-27-20(29-19-4-2-3-9-26-19)14-21(28-16)30-10-12-31(13-11-30)34(32,33)15-17-5-7-18(8-6-17)22(23,24)25/h2-9,14H,10-13,15H2,1H3,(H,26,27,28,29). The smallest absolute Gasteiger partial charge is 0.354 e. The second-order valence-electron chi connectivity index (χ2n) is 7.84. The SMILES string of the molecule is Cc1nc(Nc2ccccn2)cc(N2CCN(S(=O)(=O)Cc3ccc(C(F)(F)F)cc3)CC2)n1. The first-order valence-electron chi connectivity index (χ1n) is 10.5. The van der Waals surface area contributed by atoms with Gasteiger partial charge in [-0.2, -0.15) is 17.5 Å². The van der Waals surface area contributed by atoms with Gasteiger partial charge in [0.1, 0.15) is 23.3 Å². The van der Waals surface area contributed by atoms with Crippen molar-refractivity contribution in [3.05, 3.63) is 71.7 Å². The van der Waals surface area contributed by atoms with Crippen molar-refractivity contribution in [3.8, 4) is 0 Å². The molecule has 12 heteroatoms. The van der Waals surface area contributed by atoms with E-state index in [-0.39, 0.29) is 18.8 Å². The highest BCUT2D eigenvalue weighted by Gasteiger charge is 2.31. The second-order valence-corrected chi connectivity index (χ2v) is 9.80. The van der Waals surface area contributed by atoms with Crippen molar-refractivity contribution in [2.75, 3.05) is 36.4 Å². The summed E-state index contributed by atoms with van der Waals surface area (Å²) in [6.07, 6.45) is -2.79. The molecule has 8 nitrogen and oxygen atoms in total. The molecule has 0 atom stereocenters. The molecular weight excluding hydrogens is 469 g/mol. The molecule has 0 aliphatic carbocycles. The van der Waals surface area contributed by atoms with E-state index >= 15 is 0 Å². The Hall–Kier alpha value is -3.25. The van der Waals surface area contributed by atoms with Gasteiger partial charge in [0.15, 0.2) is 0 Å². The van der Waals surface area contributed by atoms with E-state index in [1.807, 2.05) is 23.1 Å². The van der Waals surface area contributed by atoms with Crippen LogP contribution in [-0.2, 0) is 22.0 Å². The van der Waals surface area contributed by atoms with Gasteiger partial charge in [-0.15, -0.1) is 0 Å². The molecule has 1 saturated heterocycles. The minimum Gasteiger partial charge on any atom is -0.354 e. The summed E-state index contributed by atoms with van der Waals surface area (Å²) in [5, 5.41) is 3.13. The minimum absolute atomic E-state index is 0.245. The highest BCUT2D eigenvalue weighted by Crippen LogP contribution is 2.29. The lowest BCUT2D eigenvalue weighted by molar-refractivity contribution is -0.137. The number of aromatic nitrogens is 3. The summed E-state index contributed by atoms with van der Waals surface area (Å²) in [4.78, 5) is 15.1. The lowest BCUT2D eigenvalue weighted by atomic mass is 10.1. The topological polar surface area (TPSA) is 91.3 Å². The summed E-state index contributed by atoms with van der Waals surface area (Å²) in [7, 11) is -3.68. The number of anilines is 3. The van der Waals surface area contributed by atoms with Gasteiger partial charge in [0, 0.05) is 38.4 Å². The van der Waals surface area contributed by atoms with Crippen molar-refractivity contribution >= 4 is 27.5 Å². The number of nitrogens with zero attached hydrogens (tertiary/aromatic N) is 5. The number of nitrogens with one attached hydrogen (secondary N) is 1. The molecule has 0 spiro atoms. The molecule has 3 aromatic rings. The zero-order chi connectivity index (χ0) is 24.3. The van der Waals surface area contributed by atoms with Gasteiger partial charge in [-0.1, -0.05) is 18.2 Å². The average molecular weight is 493 g/mol. The Morgan fingerprint density at radius 3 is 2.29 bits per heavy atom. The van der Waals surface area contributed by atoms with Crippen LogP contribution >= 0.6 is 0 Å². The highest BCUT2D eigenvalue weighted by molar-refractivity contribution is 7.88. The van der Waals surface area contributed by atoms with Crippen LogP contribution in [0.5, 0.6) is 0 Å². The normalized spacial score (nSPS) is 15.4. The molecule has 0 amide bonds. The van der Waals surface area contributed by atoms with E-state index in [9.17, 15) is 21.6 Å². The van der Waals surface area contributed by atoms with Crippen molar-refractivity contribution in [1.82, 2.24) is 19.3 Å². The van der Waals surface area contributed by atoms with E-state index in [4.69, 9.17) is 0 Å². The molecule has 0 saturated carbocycles. The monoisotopic (exact) mass is 492 g/mol. The number of benzene rings is 1. The van der Waals surface area contributed by atoms with Crippen molar-refractivity contribution in [2.45, 2.75) is 18.9 Å². The summed E-state index contributed by atoms with van der Waals surface area (Å²) < 4.78 is 65.2. The molecule has 1 aliphatic heterocycles. The zero-order valence-corrected chi connectivity index (χ0v) is 19.1. The van der Waals surface area contributed by atoms with Gasteiger partial charge in [0.05, 0.1) is 11.3 Å². The molecule has 0 unspecified atom stereocenters. The predicted octanol–water partition coefficient (Wildman–Crippen LogP) is 3.59. The fourth-order valence-corrected chi connectivity index (χ4v) is 5.15. The number of pyridine rings is 1. The van der Waals surface area contributed by atoms with Crippen molar-refractivity contribution in [1.29, 1.82) is 0 Å². The molecule has 0 bridgehead atoms. The first-order valence-corrected chi connectivity index (χ1v) is 12.1. The van der Waals surface area contributed by atoms with Crippen LogP contribution in [0.4, 0.5) is 30.6 Å². The number of hydrogen-bond acceptors (Lipinski definition) is 7. The Balaban J connectivity index is 1.40. The second kappa shape index (κ2) is 9.55. The lowest BCUT2D eigenvalue weighted by Crippen LogP contribution is -2.49. The summed E-state index contributed by atoms with van der Waals surface area (Å²) >= 11 is 0. The first-order chi connectivity index (χ1) is 16.1. The quantitative estimate of drug-likeness (QED) is 0.562. The van der Waals surface area contributed by atoms with E-state index < -0.39 is 21.8 Å². The van der Waals surface area contributed by atoms with Crippen LogP contribution in [0, 0.1) is 6.92 Å². The van der Waals surface area contributed by atoms with E-state index in [2.05, 4.69) is 20.3 Å². The fourth-order valence-electron chi connectivity index (χ4n) is 3.63. The van der Waals surface area contributed by atoms with E-state index in [0.29, 0.717) is 41.9 Å². The third kappa shape index (κ3) is 5.81. The van der Waals surface area contributed by atoms with Crippen LogP contribution in [0.1, 0.15) is 17.0 Å². The van der Waals surface area contributed by atoms with Gasteiger partial charge in [-0.05, 0) is 36.8 Å². The molecule has 2 aromatic heterocycles. The highest BCUT2D eigenvalue weighted by atomic mass is 32.2. The lowest BCUT2D eigenvalue weighted by Gasteiger charge is -2.34. The zero-order valence-electron chi connectivity index (χ0n) is 18.3. The maximum absolute atomic E-state index is 12.8. The van der Waals surface area contributed by atoms with Crippen molar-refractivity contribution in [2.24, 2.45) is 0 Å². The number of alkyl halides is 3. The van der Waals surface area contributed by atoms with E-state index in [1.165, 1.54) is 16.4 Å². The molecule has 3 heterocycles. The molecule has 180 valence electrons. The van der Waals surface area contributed by atoms with Gasteiger partial charge in [-0.3, -0.25) is 0 Å². The first kappa shape index (κ1) is 23.9. The Kier molecular flexibility index (Phi) is 6.71. The summed E-state index contributed by atoms with van der Waals surface area (Å²) in [6.45, 7) is 3.11. The van der Waals surface area contributed by atoms with Gasteiger partial charge in [0.25, 0.3) is 0 Å². The molecule has 1 aliphatic rings. The van der Waals surface area contributed by atoms with Crippen LogP contribution in [0.3, 0.4) is 0 Å². The van der Waals surface area contributed by atoms with Crippen LogP contribution in [0.25, 0.3) is 0 Å². The number of halogens is 3. The Morgan fingerprint density at radius 2 is 1.68 bits per heavy atom. The van der Waals surface area contributed by atoms with E-state index in [0.717, 1.165) is 12.1 Å². The van der Waals surface area contributed by atoms with Crippen molar-refractivity contribution in [3.63, 3.8) is 0 Å². The number of rotatable bonds is 6. The van der Waals surface area contributed by atoms with Crippen LogP contribution in [0.15, 0.2) is 54.7 Å². The summed E-state index contributed by atoms with van der Waals surface area (Å²) in [6, 6.07) is 11.5. The Bertz CT molecular complexity index is 1230. The largest absolute Gasteiger partial charge is 0.416 e. The average Bonchev–Trinajstić information content (AvgIpc) is 2.79. The third-order valence-electron chi connectivity index (χ3n) is 5.33. The van der Waals surface area contributed by atoms with Crippen LogP contribution in [-0.4, -0.2) is 53.9 Å². The molecule has 1 N–H and O–H groups in total. The van der Waals surface area contributed by atoms with Gasteiger partial charge in [-0.25, -0.2) is 23.4 Å². The molecule has 4 rings (SSSR count). The molecular formula is C22H23F3N6O2S. The van der Waals surface area contributed by atoms with E-state index in [1.54, 1.807) is 19.2 Å². The van der Waals surface area contributed by atoms with Crippen molar-refractivity contribution < 1.29 is 21.6 Å². The molecule has 34 heavy (non-hydrogen) atoms. The minimum atomic E-state index is -4.46. The number of hydrogen-bond donors (Lipinski definition) is 1. The van der Waals surface area contributed by atoms with Crippen LogP contribution < -0.4 is 10.2 Å². The van der Waals surface area contributed by atoms with Gasteiger partial charge in [0.2, 0.25) is 10.0 Å². The van der Waals surface area contributed by atoms with Gasteiger partial charge >= 0.3 is 6.18 Å². The maximum atomic E-state index is 12.8. The Morgan fingerprint density at radius 1 is 0.971 bits per heavy atom. The molecule has 1 aromatic carbocycles. The molecule has 1 fully saturated rings. The Labute approximate surface area is 195 Å². The third-order valence-corrected chi connectivity index (χ3v) is 7.18. The fraction of sp³-hybridized carbons (Fsp3) is 0.318. The van der Waals surface area contributed by atoms with Gasteiger partial charge < -0.3 is 10.2 Å². The molecule has 0 radical (unpaired) electrons. The van der Waals surface area contributed by atoms with Crippen LogP contribution in [0.2, 0.25) is 0 Å². The predicted molar refractivity (Wildman–Crippen MR) is 122 cm³/mol. The number of sulfonamides is 1. The summed E-state index contributed by atoms with van der Waals surface area (Å²) in [5.74, 6) is 2.11. The summed E-state index contributed by atoms with van der Waals surface area (Å²) in [5.41, 5.74) is -0.494.